The monoisotopic (exact) mass is 447 g/mol. The molecular formula is C24H26ClN7. The zero-order valence-electron chi connectivity index (χ0n) is 18.2. The average Bonchev–Trinajstić information content (AvgIpc) is 3.15. The lowest BCUT2D eigenvalue weighted by atomic mass is 10.1. The van der Waals surface area contributed by atoms with Gasteiger partial charge >= 0.3 is 0 Å². The Bertz CT molecular complexity index is 1240. The third-order valence-electron chi connectivity index (χ3n) is 5.98. The normalized spacial score (nSPS) is 15.1. The molecule has 5 rings (SSSR count). The van der Waals surface area contributed by atoms with Crippen molar-refractivity contribution < 1.29 is 0 Å². The number of hydrogen-bond acceptors (Lipinski definition) is 6. The number of para-hydroxylation sites is 1. The van der Waals surface area contributed by atoms with E-state index in [1.165, 1.54) is 0 Å². The van der Waals surface area contributed by atoms with Gasteiger partial charge in [-0.25, -0.2) is 9.67 Å². The molecule has 0 aliphatic carbocycles. The Labute approximate surface area is 192 Å². The van der Waals surface area contributed by atoms with Crippen molar-refractivity contribution in [1.82, 2.24) is 24.6 Å². The minimum atomic E-state index is 0.511. The number of nitrogen functional groups attached to an aromatic ring is 1. The molecule has 2 N–H and O–H groups in total. The number of piperazine rings is 1. The Morgan fingerprint density at radius 2 is 1.69 bits per heavy atom. The van der Waals surface area contributed by atoms with E-state index < -0.39 is 0 Å². The maximum absolute atomic E-state index is 6.59. The number of hydrogen-bond donors (Lipinski definition) is 1. The molecular weight excluding hydrogens is 422 g/mol. The average molecular weight is 448 g/mol. The fourth-order valence-electron chi connectivity index (χ4n) is 4.19. The van der Waals surface area contributed by atoms with Crippen molar-refractivity contribution in [1.29, 1.82) is 0 Å². The highest BCUT2D eigenvalue weighted by molar-refractivity contribution is 6.30. The van der Waals surface area contributed by atoms with Gasteiger partial charge in [0.1, 0.15) is 5.82 Å². The van der Waals surface area contributed by atoms with Crippen LogP contribution in [0.3, 0.4) is 0 Å². The molecule has 0 atom stereocenters. The molecule has 7 nitrogen and oxygen atoms in total. The second-order valence-corrected chi connectivity index (χ2v) is 8.77. The van der Waals surface area contributed by atoms with Gasteiger partial charge in [-0.15, -0.1) is 5.10 Å². The Morgan fingerprint density at radius 1 is 0.938 bits per heavy atom. The first-order valence-corrected chi connectivity index (χ1v) is 11.3. The van der Waals surface area contributed by atoms with E-state index >= 15 is 0 Å². The molecule has 0 amide bonds. The molecule has 1 aliphatic heterocycles. The zero-order chi connectivity index (χ0) is 22.2. The fourth-order valence-corrected chi connectivity index (χ4v) is 4.38. The van der Waals surface area contributed by atoms with Crippen LogP contribution >= 0.6 is 11.6 Å². The van der Waals surface area contributed by atoms with E-state index in [-0.39, 0.29) is 0 Å². The van der Waals surface area contributed by atoms with Crippen molar-refractivity contribution in [3.05, 3.63) is 59.6 Å². The van der Waals surface area contributed by atoms with Gasteiger partial charge in [0.2, 0.25) is 5.95 Å². The third-order valence-corrected chi connectivity index (χ3v) is 6.22. The van der Waals surface area contributed by atoms with Gasteiger partial charge in [-0.05, 0) is 38.1 Å². The number of anilines is 2. The maximum atomic E-state index is 6.59. The van der Waals surface area contributed by atoms with Crippen molar-refractivity contribution in [2.24, 2.45) is 0 Å². The third kappa shape index (κ3) is 3.78. The molecule has 0 saturated carbocycles. The minimum absolute atomic E-state index is 0.511. The van der Waals surface area contributed by atoms with Crippen LogP contribution in [0.5, 0.6) is 0 Å². The van der Waals surface area contributed by atoms with E-state index in [0.717, 1.165) is 48.5 Å². The summed E-state index contributed by atoms with van der Waals surface area (Å²) in [6.07, 6.45) is 0. The molecule has 0 spiro atoms. The fraction of sp³-hybridized carbons (Fsp3) is 0.292. The Hall–Kier alpha value is -3.16. The van der Waals surface area contributed by atoms with Gasteiger partial charge in [-0.1, -0.05) is 41.9 Å². The van der Waals surface area contributed by atoms with E-state index in [2.05, 4.69) is 23.6 Å². The van der Waals surface area contributed by atoms with Crippen LogP contribution in [0.15, 0.2) is 54.6 Å². The molecule has 32 heavy (non-hydrogen) atoms. The van der Waals surface area contributed by atoms with Crippen LogP contribution in [0.2, 0.25) is 5.02 Å². The summed E-state index contributed by atoms with van der Waals surface area (Å²) in [6, 6.07) is 18.0. The topological polar surface area (TPSA) is 76.1 Å². The molecule has 1 aliphatic rings. The SMILES string of the molecule is CC(C)N1CCN(c2nc(-c3cccc(Cl)c3)c3c(N)n(-c4ccccc4)nc3n2)CC1. The van der Waals surface area contributed by atoms with E-state index in [1.807, 2.05) is 54.6 Å². The molecule has 2 aromatic heterocycles. The van der Waals surface area contributed by atoms with E-state index in [9.17, 15) is 0 Å². The van der Waals surface area contributed by atoms with Crippen molar-refractivity contribution in [2.75, 3.05) is 36.8 Å². The highest BCUT2D eigenvalue weighted by Crippen LogP contribution is 2.34. The van der Waals surface area contributed by atoms with Crippen molar-refractivity contribution in [3.8, 4) is 16.9 Å². The van der Waals surface area contributed by atoms with Gasteiger partial charge in [-0.2, -0.15) is 4.98 Å². The van der Waals surface area contributed by atoms with E-state index in [1.54, 1.807) is 4.68 Å². The summed E-state index contributed by atoms with van der Waals surface area (Å²) in [7, 11) is 0. The molecule has 3 heterocycles. The van der Waals surface area contributed by atoms with Crippen molar-refractivity contribution in [3.63, 3.8) is 0 Å². The Morgan fingerprint density at radius 3 is 2.38 bits per heavy atom. The van der Waals surface area contributed by atoms with Gasteiger partial charge in [-0.3, -0.25) is 4.90 Å². The summed E-state index contributed by atoms with van der Waals surface area (Å²) < 4.78 is 1.73. The number of nitrogens with zero attached hydrogens (tertiary/aromatic N) is 6. The molecule has 0 bridgehead atoms. The number of benzene rings is 2. The van der Waals surface area contributed by atoms with Crippen LogP contribution in [-0.2, 0) is 0 Å². The van der Waals surface area contributed by atoms with Gasteiger partial charge < -0.3 is 10.6 Å². The quantitative estimate of drug-likeness (QED) is 0.504. The molecule has 2 aromatic carbocycles. The Kier molecular flexibility index (Phi) is 5.45. The maximum Gasteiger partial charge on any atom is 0.228 e. The summed E-state index contributed by atoms with van der Waals surface area (Å²) in [5.41, 5.74) is 9.70. The summed E-state index contributed by atoms with van der Waals surface area (Å²) >= 11 is 6.31. The van der Waals surface area contributed by atoms with Crippen LogP contribution in [0.4, 0.5) is 11.8 Å². The smallest absolute Gasteiger partial charge is 0.228 e. The first kappa shape index (κ1) is 20.7. The lowest BCUT2D eigenvalue weighted by Crippen LogP contribution is -2.49. The summed E-state index contributed by atoms with van der Waals surface area (Å²) in [5, 5.41) is 6.15. The van der Waals surface area contributed by atoms with E-state index in [4.69, 9.17) is 32.4 Å². The molecule has 0 unspecified atom stereocenters. The predicted molar refractivity (Wildman–Crippen MR) is 130 cm³/mol. The highest BCUT2D eigenvalue weighted by Gasteiger charge is 2.24. The molecule has 1 saturated heterocycles. The van der Waals surface area contributed by atoms with Crippen molar-refractivity contribution in [2.45, 2.75) is 19.9 Å². The van der Waals surface area contributed by atoms with Gasteiger partial charge in [0.15, 0.2) is 5.65 Å². The molecule has 4 aromatic rings. The number of aromatic nitrogens is 4. The molecule has 8 heteroatoms. The van der Waals surface area contributed by atoms with Crippen LogP contribution in [0.25, 0.3) is 28.0 Å². The van der Waals surface area contributed by atoms with Crippen LogP contribution in [0.1, 0.15) is 13.8 Å². The van der Waals surface area contributed by atoms with Gasteiger partial charge in [0, 0.05) is 42.8 Å². The first-order chi connectivity index (χ1) is 15.5. The summed E-state index contributed by atoms with van der Waals surface area (Å²) in [5.74, 6) is 1.19. The Balaban J connectivity index is 1.65. The first-order valence-electron chi connectivity index (χ1n) is 10.9. The number of halogens is 1. The second kappa shape index (κ2) is 8.41. The standard InChI is InChI=1S/C24H26ClN7/c1-16(2)30-11-13-31(14-12-30)24-27-21(17-7-6-8-18(25)15-17)20-22(26)32(29-23(20)28-24)19-9-4-3-5-10-19/h3-10,15-16H,11-14,26H2,1-2H3. The summed E-state index contributed by atoms with van der Waals surface area (Å²) in [4.78, 5) is 14.5. The molecule has 1 fully saturated rings. The predicted octanol–water partition coefficient (Wildman–Crippen LogP) is 4.25. The van der Waals surface area contributed by atoms with E-state index in [0.29, 0.717) is 28.5 Å². The highest BCUT2D eigenvalue weighted by atomic mass is 35.5. The number of nitrogens with two attached hydrogens (primary N) is 1. The molecule has 164 valence electrons. The van der Waals surface area contributed by atoms with Crippen LogP contribution in [0, 0.1) is 0 Å². The largest absolute Gasteiger partial charge is 0.383 e. The van der Waals surface area contributed by atoms with Crippen LogP contribution < -0.4 is 10.6 Å². The van der Waals surface area contributed by atoms with Crippen LogP contribution in [-0.4, -0.2) is 56.9 Å². The number of rotatable bonds is 4. The zero-order valence-corrected chi connectivity index (χ0v) is 19.0. The number of fused-ring (bicyclic) bond motifs is 1. The summed E-state index contributed by atoms with van der Waals surface area (Å²) in [6.45, 7) is 8.16. The lowest BCUT2D eigenvalue weighted by Gasteiger charge is -2.36. The molecule has 0 radical (unpaired) electrons. The second-order valence-electron chi connectivity index (χ2n) is 8.33. The minimum Gasteiger partial charge on any atom is -0.383 e. The lowest BCUT2D eigenvalue weighted by molar-refractivity contribution is 0.208. The van der Waals surface area contributed by atoms with Crippen molar-refractivity contribution >= 4 is 34.4 Å². The van der Waals surface area contributed by atoms with Gasteiger partial charge in [0.05, 0.1) is 16.8 Å². The van der Waals surface area contributed by atoms with Gasteiger partial charge in [0.25, 0.3) is 0 Å².